The van der Waals surface area contributed by atoms with E-state index in [0.29, 0.717) is 63.7 Å². The van der Waals surface area contributed by atoms with Crippen molar-refractivity contribution in [3.63, 3.8) is 0 Å². The lowest BCUT2D eigenvalue weighted by Crippen LogP contribution is -2.29. The van der Waals surface area contributed by atoms with Gasteiger partial charge in [0, 0.05) is 25.2 Å². The van der Waals surface area contributed by atoms with E-state index in [0.717, 1.165) is 18.4 Å². The molecule has 1 saturated heterocycles. The number of thioether (sulfide) groups is 1. The maximum Gasteiger partial charge on any atom is 0.270 e. The van der Waals surface area contributed by atoms with Crippen molar-refractivity contribution in [1.29, 1.82) is 5.26 Å². The first-order valence-electron chi connectivity index (χ1n) is 12.2. The van der Waals surface area contributed by atoms with Crippen LogP contribution in [0.4, 0.5) is 5.82 Å². The molecule has 2 heterocycles. The van der Waals surface area contributed by atoms with Crippen LogP contribution < -0.4 is 20.3 Å². The summed E-state index contributed by atoms with van der Waals surface area (Å²) in [7, 11) is 3.19. The average Bonchev–Trinajstić information content (AvgIpc) is 3.16. The van der Waals surface area contributed by atoms with Gasteiger partial charge in [-0.1, -0.05) is 43.4 Å². The predicted octanol–water partition coefficient (Wildman–Crippen LogP) is 4.72. The SMILES string of the molecule is CCCCN1C(=O)/C(=C\c2c(C)c(C#N)c(=O)n(CC)c2NCCc2ccc(OC)c(OC)c2)SC1=S. The molecular weight excluding hydrogens is 508 g/mol. The van der Waals surface area contributed by atoms with Crippen molar-refractivity contribution in [2.45, 2.75) is 46.6 Å². The molecule has 1 aromatic heterocycles. The van der Waals surface area contributed by atoms with E-state index in [1.54, 1.807) is 36.7 Å². The Labute approximate surface area is 227 Å². The van der Waals surface area contributed by atoms with Crippen LogP contribution in [0.1, 0.15) is 48.9 Å². The van der Waals surface area contributed by atoms with Gasteiger partial charge in [0.25, 0.3) is 11.5 Å². The van der Waals surface area contributed by atoms with E-state index in [2.05, 4.69) is 12.2 Å². The third-order valence-corrected chi connectivity index (χ3v) is 7.61. The van der Waals surface area contributed by atoms with Gasteiger partial charge in [-0.2, -0.15) is 5.26 Å². The second kappa shape index (κ2) is 12.8. The first kappa shape index (κ1) is 28.3. The van der Waals surface area contributed by atoms with E-state index < -0.39 is 0 Å². The molecule has 2 aromatic rings. The summed E-state index contributed by atoms with van der Waals surface area (Å²) in [6, 6.07) is 7.78. The normalized spacial score (nSPS) is 14.3. The molecule has 3 rings (SSSR count). The van der Waals surface area contributed by atoms with Crippen molar-refractivity contribution in [1.82, 2.24) is 9.47 Å². The number of anilines is 1. The zero-order chi connectivity index (χ0) is 27.1. The van der Waals surface area contributed by atoms with E-state index >= 15 is 0 Å². The Bertz CT molecular complexity index is 1330. The number of thiocarbonyl (C=S) groups is 1. The summed E-state index contributed by atoms with van der Waals surface area (Å²) in [5, 5.41) is 13.1. The smallest absolute Gasteiger partial charge is 0.270 e. The molecule has 0 radical (unpaired) electrons. The summed E-state index contributed by atoms with van der Waals surface area (Å²) in [6.45, 7) is 7.11. The molecule has 196 valence electrons. The standard InChI is InChI=1S/C27H32N4O4S2/c1-6-8-13-31-26(33)23(37-27(31)36)15-19-17(3)20(16-28)25(32)30(7-2)24(19)29-12-11-18-9-10-21(34-4)22(14-18)35-5/h9-10,14-15,29H,6-8,11-13H2,1-5H3/b23-15+. The second-order valence-corrected chi connectivity index (χ2v) is 10.2. The van der Waals surface area contributed by atoms with Gasteiger partial charge in [-0.15, -0.1) is 0 Å². The third-order valence-electron chi connectivity index (χ3n) is 6.23. The molecule has 8 nitrogen and oxygen atoms in total. The molecule has 1 N–H and O–H groups in total. The summed E-state index contributed by atoms with van der Waals surface area (Å²) in [5.74, 6) is 1.72. The number of aromatic nitrogens is 1. The number of amides is 1. The van der Waals surface area contributed by atoms with E-state index in [9.17, 15) is 14.9 Å². The minimum atomic E-state index is -0.358. The molecule has 1 aromatic carbocycles. The fraction of sp³-hybridized carbons (Fsp3) is 0.407. The highest BCUT2D eigenvalue weighted by Gasteiger charge is 2.32. The number of nitriles is 1. The lowest BCUT2D eigenvalue weighted by molar-refractivity contribution is -0.122. The number of hydrogen-bond acceptors (Lipinski definition) is 8. The van der Waals surface area contributed by atoms with Gasteiger partial charge in [0.2, 0.25) is 0 Å². The van der Waals surface area contributed by atoms with Crippen LogP contribution in [-0.4, -0.2) is 47.0 Å². The lowest BCUT2D eigenvalue weighted by atomic mass is 10.0. The monoisotopic (exact) mass is 540 g/mol. The lowest BCUT2D eigenvalue weighted by Gasteiger charge is -2.19. The number of nitrogens with zero attached hydrogens (tertiary/aromatic N) is 3. The number of methoxy groups -OCH3 is 2. The number of hydrogen-bond donors (Lipinski definition) is 1. The predicted molar refractivity (Wildman–Crippen MR) is 152 cm³/mol. The summed E-state index contributed by atoms with van der Waals surface area (Å²) >= 11 is 6.70. The van der Waals surface area contributed by atoms with Crippen molar-refractivity contribution in [2.24, 2.45) is 0 Å². The van der Waals surface area contributed by atoms with Crippen molar-refractivity contribution >= 4 is 46.1 Å². The van der Waals surface area contributed by atoms with E-state index in [1.165, 1.54) is 11.8 Å². The molecule has 0 aliphatic carbocycles. The van der Waals surface area contributed by atoms with Crippen LogP contribution in [-0.2, 0) is 17.8 Å². The van der Waals surface area contributed by atoms with Gasteiger partial charge in [-0.25, -0.2) is 0 Å². The fourth-order valence-electron chi connectivity index (χ4n) is 4.16. The molecule has 0 bridgehead atoms. The summed E-state index contributed by atoms with van der Waals surface area (Å²) in [4.78, 5) is 28.3. The fourth-order valence-corrected chi connectivity index (χ4v) is 5.45. The zero-order valence-electron chi connectivity index (χ0n) is 21.8. The Morgan fingerprint density at radius 2 is 1.92 bits per heavy atom. The Kier molecular flexibility index (Phi) is 9.78. The van der Waals surface area contributed by atoms with Crippen molar-refractivity contribution in [3.05, 3.63) is 55.7 Å². The summed E-state index contributed by atoms with van der Waals surface area (Å²) in [6.07, 6.45) is 4.22. The number of carbonyl (C=O) groups excluding carboxylic acids is 1. The quantitative estimate of drug-likeness (QED) is 0.323. The molecule has 1 fully saturated rings. The zero-order valence-corrected chi connectivity index (χ0v) is 23.5. The molecule has 0 atom stereocenters. The van der Waals surface area contributed by atoms with Gasteiger partial charge in [-0.3, -0.25) is 19.1 Å². The number of rotatable bonds is 11. The maximum absolute atomic E-state index is 13.1. The molecule has 1 aliphatic rings. The van der Waals surface area contributed by atoms with Gasteiger partial charge in [0.05, 0.1) is 19.1 Å². The van der Waals surface area contributed by atoms with Crippen LogP contribution in [0.3, 0.4) is 0 Å². The minimum Gasteiger partial charge on any atom is -0.493 e. The molecule has 0 spiro atoms. The van der Waals surface area contributed by atoms with Gasteiger partial charge < -0.3 is 14.8 Å². The molecule has 10 heteroatoms. The second-order valence-electron chi connectivity index (χ2n) is 8.48. The summed E-state index contributed by atoms with van der Waals surface area (Å²) < 4.78 is 12.8. The van der Waals surface area contributed by atoms with Crippen LogP contribution in [0.25, 0.3) is 6.08 Å². The number of pyridine rings is 1. The van der Waals surface area contributed by atoms with Gasteiger partial charge in [-0.05, 0) is 56.0 Å². The van der Waals surface area contributed by atoms with Gasteiger partial charge in [0.15, 0.2) is 11.5 Å². The topological polar surface area (TPSA) is 96.6 Å². The van der Waals surface area contributed by atoms with Crippen LogP contribution in [0, 0.1) is 18.3 Å². The highest BCUT2D eigenvalue weighted by Crippen LogP contribution is 2.35. The maximum atomic E-state index is 13.1. The number of unbranched alkanes of at least 4 members (excludes halogenated alkanes) is 1. The van der Waals surface area contributed by atoms with Crippen LogP contribution in [0.2, 0.25) is 0 Å². The number of nitrogens with one attached hydrogen (secondary N) is 1. The molecule has 1 aliphatic heterocycles. The van der Waals surface area contributed by atoms with Crippen LogP contribution >= 0.6 is 24.0 Å². The van der Waals surface area contributed by atoms with Crippen molar-refractivity contribution < 1.29 is 14.3 Å². The minimum absolute atomic E-state index is 0.0694. The number of benzene rings is 1. The highest BCUT2D eigenvalue weighted by atomic mass is 32.2. The number of ether oxygens (including phenoxy) is 2. The highest BCUT2D eigenvalue weighted by molar-refractivity contribution is 8.26. The summed E-state index contributed by atoms with van der Waals surface area (Å²) in [5.41, 5.74) is 1.91. The molecule has 0 saturated carbocycles. The Hall–Kier alpha value is -3.29. The van der Waals surface area contributed by atoms with Crippen molar-refractivity contribution in [2.75, 3.05) is 32.6 Å². The van der Waals surface area contributed by atoms with E-state index in [-0.39, 0.29) is 17.0 Å². The van der Waals surface area contributed by atoms with Crippen LogP contribution in [0.5, 0.6) is 11.5 Å². The van der Waals surface area contributed by atoms with Gasteiger partial charge >= 0.3 is 0 Å². The van der Waals surface area contributed by atoms with Crippen molar-refractivity contribution in [3.8, 4) is 17.6 Å². The molecule has 1 amide bonds. The average molecular weight is 541 g/mol. The molecular formula is C27H32N4O4S2. The van der Waals surface area contributed by atoms with Gasteiger partial charge in [0.1, 0.15) is 21.8 Å². The first-order valence-corrected chi connectivity index (χ1v) is 13.4. The Morgan fingerprint density at radius 1 is 1.19 bits per heavy atom. The Morgan fingerprint density at radius 3 is 2.54 bits per heavy atom. The number of carbonyl (C=O) groups is 1. The molecule has 37 heavy (non-hydrogen) atoms. The van der Waals surface area contributed by atoms with E-state index in [4.69, 9.17) is 21.7 Å². The largest absolute Gasteiger partial charge is 0.493 e. The van der Waals surface area contributed by atoms with E-state index in [1.807, 2.05) is 31.2 Å². The first-order chi connectivity index (χ1) is 17.8. The van der Waals surface area contributed by atoms with Crippen LogP contribution in [0.15, 0.2) is 27.9 Å². The third kappa shape index (κ3) is 6.00. The Balaban J connectivity index is 1.99. The molecule has 0 unspecified atom stereocenters.